The van der Waals surface area contributed by atoms with Gasteiger partial charge in [-0.2, -0.15) is 8.78 Å². The summed E-state index contributed by atoms with van der Waals surface area (Å²) in [6.45, 7) is 0.00735. The van der Waals surface area contributed by atoms with Gasteiger partial charge in [0.1, 0.15) is 6.04 Å². The van der Waals surface area contributed by atoms with Crippen LogP contribution in [0.1, 0.15) is 39.1 Å². The van der Waals surface area contributed by atoms with Gasteiger partial charge < -0.3 is 9.64 Å². The van der Waals surface area contributed by atoms with E-state index in [1.165, 1.54) is 11.0 Å². The number of esters is 1. The molecule has 0 aromatic heterocycles. The Hall–Kier alpha value is -3.83. The van der Waals surface area contributed by atoms with Crippen molar-refractivity contribution < 1.29 is 45.9 Å². The summed E-state index contributed by atoms with van der Waals surface area (Å²) >= 11 is 0. The third-order valence-corrected chi connectivity index (χ3v) is 5.13. The summed E-state index contributed by atoms with van der Waals surface area (Å²) in [7, 11) is 0. The van der Waals surface area contributed by atoms with Gasteiger partial charge in [0.25, 0.3) is 5.91 Å². The van der Waals surface area contributed by atoms with Crippen molar-refractivity contribution >= 4 is 23.7 Å². The van der Waals surface area contributed by atoms with Crippen molar-refractivity contribution in [2.45, 2.75) is 25.4 Å². The number of carbonyl (C=O) groups excluding carboxylic acids is 4. The maximum atomic E-state index is 13.8. The highest BCUT2D eigenvalue weighted by Gasteiger charge is 2.39. The molecule has 0 spiro atoms. The number of hydrogen-bond acceptors (Lipinski definition) is 5. The second kappa shape index (κ2) is 7.70. The molecule has 1 N–H and O–H groups in total. The molecule has 2 aliphatic heterocycles. The maximum Gasteiger partial charge on any atom is 0.343 e. The standard InChI is InChI=1S/C20H11F5N2O5/c21-12-13(22)15(24)17(16(25)14(12)23)32-20(31)7-1-2-8-6-27(19(30)9(8)5-7)10-3-4-11(28)26-18(10)29/h1-2,5,10H,3-4,6H2,(H,26,28,29). The van der Waals surface area contributed by atoms with Crippen molar-refractivity contribution in [3.05, 3.63) is 64.0 Å². The molecule has 2 aromatic carbocycles. The number of carbonyl (C=O) groups is 4. The Kier molecular flexibility index (Phi) is 5.15. The van der Waals surface area contributed by atoms with Gasteiger partial charge in [-0.3, -0.25) is 19.7 Å². The van der Waals surface area contributed by atoms with Crippen molar-refractivity contribution in [1.29, 1.82) is 0 Å². The SMILES string of the molecule is O=C1CCC(N2Cc3ccc(C(=O)Oc4c(F)c(F)c(F)c(F)c4F)cc3C2=O)C(=O)N1. The Morgan fingerprint density at radius 1 is 0.969 bits per heavy atom. The molecule has 1 saturated heterocycles. The first-order valence-electron chi connectivity index (χ1n) is 9.11. The van der Waals surface area contributed by atoms with E-state index < -0.39 is 70.1 Å². The monoisotopic (exact) mass is 454 g/mol. The molecule has 4 rings (SSSR count). The van der Waals surface area contributed by atoms with Crippen molar-refractivity contribution in [1.82, 2.24) is 10.2 Å². The molecule has 3 amide bonds. The molecule has 1 unspecified atom stereocenters. The average molecular weight is 454 g/mol. The van der Waals surface area contributed by atoms with E-state index in [9.17, 15) is 41.1 Å². The van der Waals surface area contributed by atoms with E-state index in [1.807, 2.05) is 0 Å². The molecule has 0 aliphatic carbocycles. The number of halogens is 5. The molecule has 166 valence electrons. The number of benzene rings is 2. The minimum atomic E-state index is -2.41. The molecule has 2 aliphatic rings. The Morgan fingerprint density at radius 3 is 2.22 bits per heavy atom. The van der Waals surface area contributed by atoms with Gasteiger partial charge in [-0.15, -0.1) is 0 Å². The van der Waals surface area contributed by atoms with E-state index in [2.05, 4.69) is 10.1 Å². The number of fused-ring (bicyclic) bond motifs is 1. The van der Waals surface area contributed by atoms with E-state index >= 15 is 0 Å². The molecule has 0 bridgehead atoms. The van der Waals surface area contributed by atoms with Crippen LogP contribution in [0, 0.1) is 29.1 Å². The number of amides is 3. The highest BCUT2D eigenvalue weighted by Crippen LogP contribution is 2.31. The van der Waals surface area contributed by atoms with Crippen molar-refractivity contribution in [3.63, 3.8) is 0 Å². The summed E-state index contributed by atoms with van der Waals surface area (Å²) in [5, 5.41) is 2.13. The van der Waals surface area contributed by atoms with Crippen LogP contribution in [0.2, 0.25) is 0 Å². The molecule has 0 saturated carbocycles. The van der Waals surface area contributed by atoms with Crippen molar-refractivity contribution in [2.24, 2.45) is 0 Å². The number of nitrogens with zero attached hydrogens (tertiary/aromatic N) is 1. The van der Waals surface area contributed by atoms with Gasteiger partial charge in [-0.1, -0.05) is 6.07 Å². The van der Waals surface area contributed by atoms with Crippen LogP contribution in [0.5, 0.6) is 5.75 Å². The van der Waals surface area contributed by atoms with Crippen LogP contribution in [-0.2, 0) is 16.1 Å². The highest BCUT2D eigenvalue weighted by molar-refractivity contribution is 6.06. The third kappa shape index (κ3) is 3.37. The van der Waals surface area contributed by atoms with E-state index in [1.54, 1.807) is 0 Å². The molecule has 1 fully saturated rings. The van der Waals surface area contributed by atoms with Gasteiger partial charge >= 0.3 is 5.97 Å². The number of imide groups is 1. The van der Waals surface area contributed by atoms with E-state index in [0.29, 0.717) is 5.56 Å². The van der Waals surface area contributed by atoms with Crippen LogP contribution >= 0.6 is 0 Å². The molecule has 1 atom stereocenters. The fourth-order valence-corrected chi connectivity index (χ4v) is 3.51. The van der Waals surface area contributed by atoms with Gasteiger partial charge in [0, 0.05) is 18.5 Å². The molecule has 12 heteroatoms. The van der Waals surface area contributed by atoms with Gasteiger partial charge in [0.05, 0.1) is 5.56 Å². The van der Waals surface area contributed by atoms with Crippen LogP contribution in [-0.4, -0.2) is 34.6 Å². The smallest absolute Gasteiger partial charge is 0.343 e. The molecule has 0 radical (unpaired) electrons. The summed E-state index contributed by atoms with van der Waals surface area (Å²) in [6.07, 6.45) is 0.148. The molecule has 7 nitrogen and oxygen atoms in total. The summed E-state index contributed by atoms with van der Waals surface area (Å²) in [5.74, 6) is -16.6. The zero-order valence-electron chi connectivity index (χ0n) is 15.8. The quantitative estimate of drug-likeness (QED) is 0.192. The predicted molar refractivity (Wildman–Crippen MR) is 93.7 cm³/mol. The summed E-state index contributed by atoms with van der Waals surface area (Å²) in [6, 6.07) is 2.58. The lowest BCUT2D eigenvalue weighted by Crippen LogP contribution is -2.52. The lowest BCUT2D eigenvalue weighted by molar-refractivity contribution is -0.136. The van der Waals surface area contributed by atoms with Crippen LogP contribution in [0.15, 0.2) is 18.2 Å². The van der Waals surface area contributed by atoms with Crippen LogP contribution in [0.25, 0.3) is 0 Å². The summed E-state index contributed by atoms with van der Waals surface area (Å²) < 4.78 is 71.7. The summed E-state index contributed by atoms with van der Waals surface area (Å²) in [5.41, 5.74) is 0.0141. The first kappa shape index (κ1) is 21.4. The largest absolute Gasteiger partial charge is 0.416 e. The van der Waals surface area contributed by atoms with Crippen molar-refractivity contribution in [3.8, 4) is 5.75 Å². The van der Waals surface area contributed by atoms with E-state index in [0.717, 1.165) is 12.1 Å². The fourth-order valence-electron chi connectivity index (χ4n) is 3.51. The van der Waals surface area contributed by atoms with Gasteiger partial charge in [0.2, 0.25) is 46.6 Å². The van der Waals surface area contributed by atoms with Gasteiger partial charge in [-0.05, 0) is 24.1 Å². The number of nitrogens with one attached hydrogen (secondary N) is 1. The first-order valence-corrected chi connectivity index (χ1v) is 9.11. The normalized spacial score (nSPS) is 18.0. The number of ether oxygens (including phenoxy) is 1. The molecular formula is C20H11F5N2O5. The van der Waals surface area contributed by atoms with E-state index in [4.69, 9.17) is 0 Å². The van der Waals surface area contributed by atoms with Crippen molar-refractivity contribution in [2.75, 3.05) is 0 Å². The second-order valence-corrected chi connectivity index (χ2v) is 7.06. The molecule has 2 heterocycles. The summed E-state index contributed by atoms with van der Waals surface area (Å²) in [4.78, 5) is 49.6. The maximum absolute atomic E-state index is 13.8. The van der Waals surface area contributed by atoms with E-state index in [-0.39, 0.29) is 24.9 Å². The fraction of sp³-hybridized carbons (Fsp3) is 0.200. The Bertz CT molecular complexity index is 1190. The molecule has 32 heavy (non-hydrogen) atoms. The minimum absolute atomic E-state index is 0.00735. The van der Waals surface area contributed by atoms with Crippen LogP contribution < -0.4 is 10.1 Å². The van der Waals surface area contributed by atoms with Crippen LogP contribution in [0.3, 0.4) is 0 Å². The zero-order chi connectivity index (χ0) is 23.3. The predicted octanol–water partition coefficient (Wildman–Crippen LogP) is 2.36. The van der Waals surface area contributed by atoms with Crippen LogP contribution in [0.4, 0.5) is 22.0 Å². The topological polar surface area (TPSA) is 92.8 Å². The Balaban J connectivity index is 1.59. The van der Waals surface area contributed by atoms with Gasteiger partial charge in [-0.25, -0.2) is 18.0 Å². The first-order chi connectivity index (χ1) is 15.1. The Morgan fingerprint density at radius 2 is 1.59 bits per heavy atom. The Labute approximate surface area is 175 Å². The molecule has 2 aromatic rings. The zero-order valence-corrected chi connectivity index (χ0v) is 15.8. The third-order valence-electron chi connectivity index (χ3n) is 5.13. The highest BCUT2D eigenvalue weighted by atomic mass is 19.2. The van der Waals surface area contributed by atoms with Gasteiger partial charge in [0.15, 0.2) is 0 Å². The lowest BCUT2D eigenvalue weighted by atomic mass is 10.0. The lowest BCUT2D eigenvalue weighted by Gasteiger charge is -2.29. The second-order valence-electron chi connectivity index (χ2n) is 7.06. The minimum Gasteiger partial charge on any atom is -0.416 e. The average Bonchev–Trinajstić information content (AvgIpc) is 3.09. The molecular weight excluding hydrogens is 443 g/mol. The number of piperidine rings is 1. The number of rotatable bonds is 3. The number of hydrogen-bond donors (Lipinski definition) is 1.